The van der Waals surface area contributed by atoms with E-state index in [9.17, 15) is 4.21 Å². The highest BCUT2D eigenvalue weighted by Gasteiger charge is 2.25. The number of nitrogens with one attached hydrogen (secondary N) is 1. The summed E-state index contributed by atoms with van der Waals surface area (Å²) in [6.07, 6.45) is 0. The van der Waals surface area contributed by atoms with Gasteiger partial charge in [-0.1, -0.05) is 38.5 Å². The van der Waals surface area contributed by atoms with Crippen molar-refractivity contribution in [2.24, 2.45) is 5.41 Å². The molecule has 1 rings (SSSR count). The molecule has 1 aromatic rings. The molecule has 0 aromatic heterocycles. The Balaban J connectivity index is 2.88. The van der Waals surface area contributed by atoms with E-state index in [-0.39, 0.29) is 11.5 Å². The van der Waals surface area contributed by atoms with Gasteiger partial charge in [0.25, 0.3) is 0 Å². The van der Waals surface area contributed by atoms with Crippen LogP contribution < -0.4 is 5.32 Å². The van der Waals surface area contributed by atoms with E-state index in [2.05, 4.69) is 39.1 Å². The molecule has 0 fully saturated rings. The zero-order valence-corrected chi connectivity index (χ0v) is 13.1. The maximum Gasteiger partial charge on any atom is 0.0548 e. The van der Waals surface area contributed by atoms with Crippen molar-refractivity contribution in [3.63, 3.8) is 0 Å². The van der Waals surface area contributed by atoms with Crippen molar-refractivity contribution in [2.45, 2.75) is 45.6 Å². The number of benzene rings is 1. The first-order valence-corrected chi connectivity index (χ1v) is 7.70. The molecule has 1 N–H and O–H groups in total. The topological polar surface area (TPSA) is 29.1 Å². The summed E-state index contributed by atoms with van der Waals surface area (Å²) in [5.41, 5.74) is 2.45. The fourth-order valence-corrected chi connectivity index (χ4v) is 3.85. The molecule has 0 bridgehead atoms. The van der Waals surface area contributed by atoms with Gasteiger partial charge >= 0.3 is 0 Å². The van der Waals surface area contributed by atoms with Gasteiger partial charge in [0.15, 0.2) is 0 Å². The van der Waals surface area contributed by atoms with Crippen molar-refractivity contribution in [3.05, 3.63) is 29.3 Å². The van der Waals surface area contributed by atoms with Gasteiger partial charge in [-0.2, -0.15) is 0 Å². The third-order valence-electron chi connectivity index (χ3n) is 3.29. The van der Waals surface area contributed by atoms with Crippen molar-refractivity contribution in [1.82, 2.24) is 5.32 Å². The summed E-state index contributed by atoms with van der Waals surface area (Å²) >= 11 is 0. The molecule has 0 saturated heterocycles. The molecule has 0 aliphatic heterocycles. The SMILES string of the molecule is CNC(CS(=O)c1ccc(C)cc1C)C(C)(C)C. The third kappa shape index (κ3) is 3.92. The molecule has 102 valence electrons. The zero-order valence-electron chi connectivity index (χ0n) is 12.3. The molecule has 0 saturated carbocycles. The zero-order chi connectivity index (χ0) is 13.9. The lowest BCUT2D eigenvalue weighted by atomic mass is 9.88. The average molecular weight is 267 g/mol. The van der Waals surface area contributed by atoms with E-state index in [0.717, 1.165) is 10.5 Å². The first-order valence-electron chi connectivity index (χ1n) is 6.38. The molecule has 0 aliphatic rings. The highest BCUT2D eigenvalue weighted by molar-refractivity contribution is 7.85. The van der Waals surface area contributed by atoms with Crippen LogP contribution in [0.15, 0.2) is 23.1 Å². The van der Waals surface area contributed by atoms with E-state index in [4.69, 9.17) is 0 Å². The first-order chi connectivity index (χ1) is 8.25. The van der Waals surface area contributed by atoms with Gasteiger partial charge in [0.1, 0.15) is 0 Å². The molecule has 2 unspecified atom stereocenters. The Bertz CT molecular complexity index is 435. The predicted molar refractivity (Wildman–Crippen MR) is 79.5 cm³/mol. The van der Waals surface area contributed by atoms with Crippen LogP contribution in [-0.2, 0) is 10.8 Å². The molecule has 2 atom stereocenters. The molecule has 1 aromatic carbocycles. The Morgan fingerprint density at radius 2 is 1.89 bits per heavy atom. The number of hydrogen-bond donors (Lipinski definition) is 1. The molecule has 2 nitrogen and oxygen atoms in total. The maximum absolute atomic E-state index is 12.5. The monoisotopic (exact) mass is 267 g/mol. The van der Waals surface area contributed by atoms with Gasteiger partial charge in [0.05, 0.1) is 10.8 Å². The van der Waals surface area contributed by atoms with Gasteiger partial charge < -0.3 is 5.32 Å². The fraction of sp³-hybridized carbons (Fsp3) is 0.600. The molecule has 0 amide bonds. The second kappa shape index (κ2) is 5.98. The predicted octanol–water partition coefficient (Wildman–Crippen LogP) is 3.05. The Hall–Kier alpha value is -0.670. The van der Waals surface area contributed by atoms with Gasteiger partial charge in [-0.3, -0.25) is 4.21 Å². The van der Waals surface area contributed by atoms with E-state index < -0.39 is 10.8 Å². The summed E-state index contributed by atoms with van der Waals surface area (Å²) in [6.45, 7) is 10.6. The number of hydrogen-bond acceptors (Lipinski definition) is 2. The average Bonchev–Trinajstić information content (AvgIpc) is 2.23. The van der Waals surface area contributed by atoms with Gasteiger partial charge in [0.2, 0.25) is 0 Å². The summed E-state index contributed by atoms with van der Waals surface area (Å²) < 4.78 is 12.5. The lowest BCUT2D eigenvalue weighted by Crippen LogP contribution is -2.42. The van der Waals surface area contributed by atoms with Crippen LogP contribution in [0.2, 0.25) is 0 Å². The molecule has 0 radical (unpaired) electrons. The second-order valence-electron chi connectivity index (χ2n) is 5.99. The van der Waals surface area contributed by atoms with Crippen LogP contribution >= 0.6 is 0 Å². The molecule has 18 heavy (non-hydrogen) atoms. The lowest BCUT2D eigenvalue weighted by Gasteiger charge is -2.30. The van der Waals surface area contributed by atoms with Crippen LogP contribution in [-0.4, -0.2) is 23.1 Å². The van der Waals surface area contributed by atoms with Crippen molar-refractivity contribution >= 4 is 10.8 Å². The molecular formula is C15H25NOS. The third-order valence-corrected chi connectivity index (χ3v) is 4.87. The van der Waals surface area contributed by atoms with Crippen LogP contribution in [0.25, 0.3) is 0 Å². The Morgan fingerprint density at radius 3 is 2.33 bits per heavy atom. The summed E-state index contributed by atoms with van der Waals surface area (Å²) in [6, 6.07) is 6.37. The smallest absolute Gasteiger partial charge is 0.0548 e. The maximum atomic E-state index is 12.5. The van der Waals surface area contributed by atoms with Gasteiger partial charge in [-0.25, -0.2) is 0 Å². The van der Waals surface area contributed by atoms with Gasteiger partial charge in [-0.05, 0) is 37.9 Å². The second-order valence-corrected chi connectivity index (χ2v) is 7.45. The fourth-order valence-electron chi connectivity index (χ4n) is 2.06. The largest absolute Gasteiger partial charge is 0.316 e. The highest BCUT2D eigenvalue weighted by atomic mass is 32.2. The van der Waals surface area contributed by atoms with Crippen molar-refractivity contribution in [1.29, 1.82) is 0 Å². The Labute approximate surface area is 114 Å². The molecule has 3 heteroatoms. The first kappa shape index (κ1) is 15.4. The van der Waals surface area contributed by atoms with Crippen LogP contribution in [0.1, 0.15) is 31.9 Å². The van der Waals surface area contributed by atoms with E-state index in [1.807, 2.05) is 26.1 Å². The summed E-state index contributed by atoms with van der Waals surface area (Å²) in [4.78, 5) is 0.963. The van der Waals surface area contributed by atoms with E-state index >= 15 is 0 Å². The van der Waals surface area contributed by atoms with Crippen molar-refractivity contribution in [3.8, 4) is 0 Å². The Morgan fingerprint density at radius 1 is 1.28 bits per heavy atom. The normalized spacial score (nSPS) is 15.4. The lowest BCUT2D eigenvalue weighted by molar-refractivity contribution is 0.304. The van der Waals surface area contributed by atoms with Crippen molar-refractivity contribution < 1.29 is 4.21 Å². The summed E-state index contributed by atoms with van der Waals surface area (Å²) in [5, 5.41) is 3.28. The van der Waals surface area contributed by atoms with E-state index in [0.29, 0.717) is 5.75 Å². The minimum absolute atomic E-state index is 0.114. The van der Waals surface area contributed by atoms with Crippen LogP contribution in [0, 0.1) is 19.3 Å². The standard InChI is InChI=1S/C15H25NOS/c1-11-7-8-13(12(2)9-11)18(17)10-14(16-6)15(3,4)5/h7-9,14,16H,10H2,1-6H3. The van der Waals surface area contributed by atoms with Crippen LogP contribution in [0.4, 0.5) is 0 Å². The number of aryl methyl sites for hydroxylation is 2. The minimum atomic E-state index is -0.942. The molecular weight excluding hydrogens is 242 g/mol. The van der Waals surface area contributed by atoms with E-state index in [1.54, 1.807) is 0 Å². The highest BCUT2D eigenvalue weighted by Crippen LogP contribution is 2.22. The van der Waals surface area contributed by atoms with E-state index in [1.165, 1.54) is 5.56 Å². The van der Waals surface area contributed by atoms with Crippen LogP contribution in [0.3, 0.4) is 0 Å². The molecule has 0 aliphatic carbocycles. The molecule has 0 spiro atoms. The van der Waals surface area contributed by atoms with Gasteiger partial charge in [-0.15, -0.1) is 0 Å². The quantitative estimate of drug-likeness (QED) is 0.908. The van der Waals surface area contributed by atoms with Crippen molar-refractivity contribution in [2.75, 3.05) is 12.8 Å². The molecule has 0 heterocycles. The summed E-state index contributed by atoms with van der Waals surface area (Å²) in [5.74, 6) is 0.657. The summed E-state index contributed by atoms with van der Waals surface area (Å²) in [7, 11) is 0.997. The van der Waals surface area contributed by atoms with Gasteiger partial charge in [0, 0.05) is 16.7 Å². The number of rotatable bonds is 4. The Kier molecular flexibility index (Phi) is 5.11. The van der Waals surface area contributed by atoms with Crippen LogP contribution in [0.5, 0.6) is 0 Å². The minimum Gasteiger partial charge on any atom is -0.316 e.